The average molecular weight is 232 g/mol. The van der Waals surface area contributed by atoms with Crippen molar-refractivity contribution >= 4 is 17.3 Å². The van der Waals surface area contributed by atoms with E-state index >= 15 is 0 Å². The van der Waals surface area contributed by atoms with Gasteiger partial charge in [-0.05, 0) is 12.5 Å². The van der Waals surface area contributed by atoms with Crippen molar-refractivity contribution in [3.05, 3.63) is 33.9 Å². The van der Waals surface area contributed by atoms with Crippen LogP contribution < -0.4 is 5.32 Å². The van der Waals surface area contributed by atoms with Crippen LogP contribution in [-0.4, -0.2) is 10.8 Å². The lowest BCUT2D eigenvalue weighted by Crippen LogP contribution is -2.11. The molecule has 0 saturated heterocycles. The number of carbonyl (C=O) groups is 1. The van der Waals surface area contributed by atoms with E-state index in [-0.39, 0.29) is 11.6 Å². The molecule has 0 spiro atoms. The number of nitrogens with zero attached hydrogens (tertiary/aromatic N) is 1. The predicted molar refractivity (Wildman–Crippen MR) is 64.6 cm³/mol. The van der Waals surface area contributed by atoms with Gasteiger partial charge < -0.3 is 5.32 Å². The number of benzene rings is 1. The van der Waals surface area contributed by atoms with E-state index in [4.69, 9.17) is 6.42 Å². The van der Waals surface area contributed by atoms with Gasteiger partial charge in [0.2, 0.25) is 5.91 Å². The lowest BCUT2D eigenvalue weighted by molar-refractivity contribution is -0.384. The van der Waals surface area contributed by atoms with Crippen molar-refractivity contribution < 1.29 is 9.72 Å². The van der Waals surface area contributed by atoms with Crippen molar-refractivity contribution in [2.24, 2.45) is 0 Å². The molecule has 0 atom stereocenters. The van der Waals surface area contributed by atoms with E-state index in [1.54, 1.807) is 0 Å². The first kappa shape index (κ1) is 12.7. The number of non-ortho nitro benzene ring substituents is 1. The van der Waals surface area contributed by atoms with E-state index in [1.165, 1.54) is 18.2 Å². The second-order valence-electron chi connectivity index (χ2n) is 3.43. The van der Waals surface area contributed by atoms with Crippen LogP contribution >= 0.6 is 0 Å². The third kappa shape index (κ3) is 3.31. The number of nitro groups is 1. The van der Waals surface area contributed by atoms with E-state index < -0.39 is 4.92 Å². The maximum Gasteiger partial charge on any atom is 0.270 e. The Labute approximate surface area is 99.0 Å². The van der Waals surface area contributed by atoms with Crippen LogP contribution in [0.2, 0.25) is 0 Å². The molecule has 1 N–H and O–H groups in total. The number of nitro benzene ring substituents is 1. The fourth-order valence-corrected chi connectivity index (χ4v) is 1.31. The van der Waals surface area contributed by atoms with Crippen LogP contribution in [0, 0.1) is 22.5 Å². The molecule has 1 aromatic rings. The molecule has 88 valence electrons. The number of carbonyl (C=O) groups excluding carboxylic acids is 1. The van der Waals surface area contributed by atoms with Crippen LogP contribution in [0.25, 0.3) is 0 Å². The van der Waals surface area contributed by atoms with Crippen LogP contribution in [-0.2, 0) is 4.79 Å². The topological polar surface area (TPSA) is 72.2 Å². The minimum atomic E-state index is -0.529. The molecule has 0 unspecified atom stereocenters. The Morgan fingerprint density at radius 3 is 2.82 bits per heavy atom. The van der Waals surface area contributed by atoms with Crippen LogP contribution in [0.15, 0.2) is 18.2 Å². The van der Waals surface area contributed by atoms with Crippen LogP contribution in [0.3, 0.4) is 0 Å². The number of amides is 1. The SMILES string of the molecule is C#Cc1cc([N+](=O)[O-])ccc1NC(=O)CCC. The molecule has 5 heteroatoms. The van der Waals surface area contributed by atoms with Gasteiger partial charge in [0.25, 0.3) is 5.69 Å². The summed E-state index contributed by atoms with van der Waals surface area (Å²) < 4.78 is 0. The highest BCUT2D eigenvalue weighted by molar-refractivity contribution is 5.92. The molecule has 0 bridgehead atoms. The Hall–Kier alpha value is -2.35. The van der Waals surface area contributed by atoms with Crippen molar-refractivity contribution in [3.63, 3.8) is 0 Å². The summed E-state index contributed by atoms with van der Waals surface area (Å²) in [6, 6.07) is 4.02. The first-order chi connectivity index (χ1) is 8.08. The Morgan fingerprint density at radius 2 is 2.29 bits per heavy atom. The highest BCUT2D eigenvalue weighted by Gasteiger charge is 2.10. The molecule has 0 aromatic heterocycles. The van der Waals surface area contributed by atoms with Gasteiger partial charge in [-0.3, -0.25) is 14.9 Å². The molecule has 0 aliphatic carbocycles. The lowest BCUT2D eigenvalue weighted by atomic mass is 10.1. The largest absolute Gasteiger partial charge is 0.325 e. The molecular formula is C12H12N2O3. The van der Waals surface area contributed by atoms with Gasteiger partial charge in [-0.25, -0.2) is 0 Å². The molecule has 0 radical (unpaired) electrons. The molecular weight excluding hydrogens is 220 g/mol. The van der Waals surface area contributed by atoms with Crippen LogP contribution in [0.1, 0.15) is 25.3 Å². The Morgan fingerprint density at radius 1 is 1.59 bits per heavy atom. The maximum atomic E-state index is 11.4. The Kier molecular flexibility index (Phi) is 4.23. The zero-order chi connectivity index (χ0) is 12.8. The second-order valence-corrected chi connectivity index (χ2v) is 3.43. The maximum absolute atomic E-state index is 11.4. The van der Waals surface area contributed by atoms with Gasteiger partial charge in [-0.2, -0.15) is 0 Å². The number of terminal acetylenes is 1. The summed E-state index contributed by atoms with van der Waals surface area (Å²) in [4.78, 5) is 21.4. The third-order valence-electron chi connectivity index (χ3n) is 2.12. The summed E-state index contributed by atoms with van der Waals surface area (Å²) in [5, 5.41) is 13.2. The number of anilines is 1. The number of rotatable bonds is 4. The van der Waals surface area contributed by atoms with Crippen molar-refractivity contribution in [2.45, 2.75) is 19.8 Å². The van der Waals surface area contributed by atoms with E-state index in [0.29, 0.717) is 17.7 Å². The third-order valence-corrected chi connectivity index (χ3v) is 2.12. The predicted octanol–water partition coefficient (Wildman–Crippen LogP) is 2.31. The van der Waals surface area contributed by atoms with Crippen molar-refractivity contribution in [1.29, 1.82) is 0 Å². The van der Waals surface area contributed by atoms with Gasteiger partial charge in [0, 0.05) is 18.6 Å². The molecule has 0 heterocycles. The first-order valence-electron chi connectivity index (χ1n) is 5.13. The van der Waals surface area contributed by atoms with Gasteiger partial charge in [-0.1, -0.05) is 12.8 Å². The highest BCUT2D eigenvalue weighted by Crippen LogP contribution is 2.21. The number of nitrogens with one attached hydrogen (secondary N) is 1. The minimum absolute atomic E-state index is 0.0913. The van der Waals surface area contributed by atoms with Crippen LogP contribution in [0.4, 0.5) is 11.4 Å². The smallest absolute Gasteiger partial charge is 0.270 e. The molecule has 0 aliphatic heterocycles. The molecule has 1 amide bonds. The monoisotopic (exact) mass is 232 g/mol. The van der Waals surface area contributed by atoms with Crippen LogP contribution in [0.5, 0.6) is 0 Å². The molecule has 5 nitrogen and oxygen atoms in total. The summed E-state index contributed by atoms with van der Waals surface area (Å²) in [6.07, 6.45) is 6.36. The first-order valence-corrected chi connectivity index (χ1v) is 5.13. The average Bonchev–Trinajstić information content (AvgIpc) is 2.29. The van der Waals surface area contributed by atoms with E-state index in [1.807, 2.05) is 6.92 Å². The summed E-state index contributed by atoms with van der Waals surface area (Å²) in [5.74, 6) is 2.16. The number of hydrogen-bond donors (Lipinski definition) is 1. The molecule has 0 saturated carbocycles. The Bertz CT molecular complexity index is 489. The van der Waals surface area contributed by atoms with Gasteiger partial charge in [0.05, 0.1) is 16.2 Å². The summed E-state index contributed by atoms with van der Waals surface area (Å²) in [7, 11) is 0. The van der Waals surface area contributed by atoms with Gasteiger partial charge in [0.1, 0.15) is 0 Å². The standard InChI is InChI=1S/C12H12N2O3/c1-3-5-12(15)13-11-7-6-10(14(16)17)8-9(11)4-2/h2,6-8H,3,5H2,1H3,(H,13,15). The lowest BCUT2D eigenvalue weighted by Gasteiger charge is -2.06. The molecule has 0 fully saturated rings. The fraction of sp³-hybridized carbons (Fsp3) is 0.250. The second kappa shape index (κ2) is 5.66. The molecule has 1 aromatic carbocycles. The molecule has 1 rings (SSSR count). The molecule has 17 heavy (non-hydrogen) atoms. The minimum Gasteiger partial charge on any atom is -0.325 e. The van der Waals surface area contributed by atoms with E-state index in [9.17, 15) is 14.9 Å². The van der Waals surface area contributed by atoms with Gasteiger partial charge in [0.15, 0.2) is 0 Å². The zero-order valence-corrected chi connectivity index (χ0v) is 9.40. The fourth-order valence-electron chi connectivity index (χ4n) is 1.31. The van der Waals surface area contributed by atoms with Crippen molar-refractivity contribution in [1.82, 2.24) is 0 Å². The quantitative estimate of drug-likeness (QED) is 0.492. The van der Waals surface area contributed by atoms with Crippen molar-refractivity contribution in [3.8, 4) is 12.3 Å². The van der Waals surface area contributed by atoms with Crippen molar-refractivity contribution in [2.75, 3.05) is 5.32 Å². The summed E-state index contributed by atoms with van der Waals surface area (Å²) in [6.45, 7) is 1.89. The van der Waals surface area contributed by atoms with Gasteiger partial charge >= 0.3 is 0 Å². The zero-order valence-electron chi connectivity index (χ0n) is 9.40. The Balaban J connectivity index is 2.98. The van der Waals surface area contributed by atoms with E-state index in [0.717, 1.165) is 6.42 Å². The summed E-state index contributed by atoms with van der Waals surface area (Å²) >= 11 is 0. The number of hydrogen-bond acceptors (Lipinski definition) is 3. The van der Waals surface area contributed by atoms with E-state index in [2.05, 4.69) is 11.2 Å². The highest BCUT2D eigenvalue weighted by atomic mass is 16.6. The molecule has 0 aliphatic rings. The summed E-state index contributed by atoms with van der Waals surface area (Å²) in [5.41, 5.74) is 0.645. The van der Waals surface area contributed by atoms with Gasteiger partial charge in [-0.15, -0.1) is 6.42 Å². The normalized spacial score (nSPS) is 9.41.